The Kier molecular flexibility index (Phi) is 7.49. The van der Waals surface area contributed by atoms with E-state index in [9.17, 15) is 9.59 Å². The van der Waals surface area contributed by atoms with E-state index in [4.69, 9.17) is 19.1 Å². The molecule has 184 valence electrons. The van der Waals surface area contributed by atoms with Crippen LogP contribution in [0.15, 0.2) is 77.3 Å². The van der Waals surface area contributed by atoms with E-state index in [1.165, 1.54) is 0 Å². The summed E-state index contributed by atoms with van der Waals surface area (Å²) in [6.07, 6.45) is -0.456. The normalized spacial score (nSPS) is 11.6. The molecule has 1 atom stereocenters. The van der Waals surface area contributed by atoms with Crippen LogP contribution in [0, 0.1) is 6.92 Å². The Morgan fingerprint density at radius 1 is 0.917 bits per heavy atom. The number of benzene rings is 3. The van der Waals surface area contributed by atoms with Crippen LogP contribution >= 0.6 is 0 Å². The van der Waals surface area contributed by atoms with Gasteiger partial charge in [-0.3, -0.25) is 9.59 Å². The topological polar surface area (TPSA) is 98.9 Å². The summed E-state index contributed by atoms with van der Waals surface area (Å²) in [7, 11) is 1.58. The van der Waals surface area contributed by atoms with Crippen molar-refractivity contribution >= 4 is 11.9 Å². The molecular formula is C29H27NO6. The number of carbonyl (C=O) groups excluding carboxylic acids is 1. The molecule has 4 rings (SSSR count). The van der Waals surface area contributed by atoms with Gasteiger partial charge in [0.25, 0.3) is 0 Å². The Morgan fingerprint density at radius 2 is 1.53 bits per heavy atom. The number of nitrogens with zero attached hydrogens (tertiary/aromatic N) is 1. The maximum Gasteiger partial charge on any atom is 0.311 e. The number of hydrogen-bond acceptors (Lipinski definition) is 6. The van der Waals surface area contributed by atoms with E-state index in [0.717, 1.165) is 27.8 Å². The van der Waals surface area contributed by atoms with Crippen molar-refractivity contribution in [3.8, 4) is 28.2 Å². The number of aryl methyl sites for hydroxylation is 1. The predicted molar refractivity (Wildman–Crippen MR) is 135 cm³/mol. The van der Waals surface area contributed by atoms with E-state index in [1.807, 2.05) is 79.7 Å². The second kappa shape index (κ2) is 10.9. The highest BCUT2D eigenvalue weighted by molar-refractivity contribution is 5.78. The smallest absolute Gasteiger partial charge is 0.311 e. The summed E-state index contributed by atoms with van der Waals surface area (Å²) < 4.78 is 16.6. The summed E-state index contributed by atoms with van der Waals surface area (Å²) in [5.74, 6) is -0.0589. The van der Waals surface area contributed by atoms with E-state index < -0.39 is 12.1 Å². The van der Waals surface area contributed by atoms with E-state index in [1.54, 1.807) is 14.0 Å². The van der Waals surface area contributed by atoms with Gasteiger partial charge in [0.2, 0.25) is 0 Å². The third kappa shape index (κ3) is 5.63. The minimum atomic E-state index is -0.858. The summed E-state index contributed by atoms with van der Waals surface area (Å²) in [5.41, 5.74) is 5.59. The summed E-state index contributed by atoms with van der Waals surface area (Å²) in [4.78, 5) is 23.7. The first-order valence-electron chi connectivity index (χ1n) is 11.5. The quantitative estimate of drug-likeness (QED) is 0.299. The van der Waals surface area contributed by atoms with Gasteiger partial charge in [-0.2, -0.15) is 0 Å². The lowest BCUT2D eigenvalue weighted by Crippen LogP contribution is -2.12. The summed E-state index contributed by atoms with van der Waals surface area (Å²) in [5, 5.41) is 13.0. The molecule has 0 saturated carbocycles. The minimum Gasteiger partial charge on any atom is -0.496 e. The molecule has 1 N–H and O–H groups in total. The van der Waals surface area contributed by atoms with Crippen LogP contribution in [0.5, 0.6) is 5.75 Å². The predicted octanol–water partition coefficient (Wildman–Crippen LogP) is 5.80. The minimum absolute atomic E-state index is 0.00700. The molecule has 0 aliphatic carbocycles. The molecule has 3 aromatic carbocycles. The Hall–Kier alpha value is -4.39. The molecule has 0 aliphatic rings. The van der Waals surface area contributed by atoms with Crippen LogP contribution in [-0.4, -0.2) is 29.3 Å². The molecule has 0 spiro atoms. The maximum atomic E-state index is 12.8. The van der Waals surface area contributed by atoms with Crippen molar-refractivity contribution in [1.82, 2.24) is 5.16 Å². The van der Waals surface area contributed by atoms with Crippen LogP contribution in [0.3, 0.4) is 0 Å². The molecule has 1 heterocycles. The average molecular weight is 486 g/mol. The lowest BCUT2D eigenvalue weighted by Gasteiger charge is -2.16. The Morgan fingerprint density at radius 3 is 2.17 bits per heavy atom. The zero-order valence-electron chi connectivity index (χ0n) is 20.4. The summed E-state index contributed by atoms with van der Waals surface area (Å²) in [6.45, 7) is 3.61. The SMILES string of the molecule is COc1ccccc1C(C)OC(=O)Cc1c(C)noc1-c1ccc(-c2ccc(CC(=O)O)cc2)cc1. The van der Waals surface area contributed by atoms with Gasteiger partial charge in [0, 0.05) is 16.7 Å². The molecule has 0 radical (unpaired) electrons. The molecule has 36 heavy (non-hydrogen) atoms. The van der Waals surface area contributed by atoms with Gasteiger partial charge in [0.15, 0.2) is 5.76 Å². The molecule has 1 unspecified atom stereocenters. The van der Waals surface area contributed by atoms with E-state index >= 15 is 0 Å². The number of esters is 1. The van der Waals surface area contributed by atoms with Gasteiger partial charge in [-0.1, -0.05) is 71.9 Å². The maximum absolute atomic E-state index is 12.8. The van der Waals surface area contributed by atoms with E-state index in [2.05, 4.69) is 5.16 Å². The highest BCUT2D eigenvalue weighted by Gasteiger charge is 2.21. The molecule has 0 bridgehead atoms. The molecule has 0 amide bonds. The molecule has 7 heteroatoms. The highest BCUT2D eigenvalue weighted by Crippen LogP contribution is 2.31. The molecule has 7 nitrogen and oxygen atoms in total. The molecule has 1 aromatic heterocycles. The van der Waals surface area contributed by atoms with Gasteiger partial charge in [-0.15, -0.1) is 0 Å². The van der Waals surface area contributed by atoms with Crippen LogP contribution in [0.2, 0.25) is 0 Å². The standard InChI is InChI=1S/C29H27NO6/c1-18-25(17-28(33)35-19(2)24-6-4-5-7-26(24)34-3)29(36-30-18)23-14-12-22(13-15-23)21-10-8-20(9-11-21)16-27(31)32/h4-15,19H,16-17H2,1-3H3,(H,31,32). The second-order valence-corrected chi connectivity index (χ2v) is 8.47. The fourth-order valence-corrected chi connectivity index (χ4v) is 4.08. The van der Waals surface area contributed by atoms with Crippen molar-refractivity contribution in [2.75, 3.05) is 7.11 Å². The van der Waals surface area contributed by atoms with Crippen molar-refractivity contribution in [2.24, 2.45) is 0 Å². The van der Waals surface area contributed by atoms with Crippen molar-refractivity contribution in [3.63, 3.8) is 0 Å². The van der Waals surface area contributed by atoms with E-state index in [-0.39, 0.29) is 18.8 Å². The summed E-state index contributed by atoms with van der Waals surface area (Å²) >= 11 is 0. The molecule has 4 aromatic rings. The number of carboxylic acids is 1. The second-order valence-electron chi connectivity index (χ2n) is 8.47. The van der Waals surface area contributed by atoms with Crippen molar-refractivity contribution in [3.05, 3.63) is 95.2 Å². The number of hydrogen-bond donors (Lipinski definition) is 1. The van der Waals surface area contributed by atoms with Crippen LogP contribution in [0.1, 0.15) is 35.4 Å². The summed E-state index contributed by atoms with van der Waals surface area (Å²) in [6, 6.07) is 22.6. The Bertz CT molecular complexity index is 1360. The number of carbonyl (C=O) groups is 2. The molecule has 0 fully saturated rings. The van der Waals surface area contributed by atoms with Crippen LogP contribution in [0.25, 0.3) is 22.5 Å². The van der Waals surface area contributed by atoms with Crippen LogP contribution in [0.4, 0.5) is 0 Å². The molecular weight excluding hydrogens is 458 g/mol. The van der Waals surface area contributed by atoms with Gasteiger partial charge < -0.3 is 19.1 Å². The highest BCUT2D eigenvalue weighted by atomic mass is 16.5. The Balaban J connectivity index is 1.48. The van der Waals surface area contributed by atoms with Gasteiger partial charge >= 0.3 is 11.9 Å². The lowest BCUT2D eigenvalue weighted by atomic mass is 9.99. The number of rotatable bonds is 9. The van der Waals surface area contributed by atoms with Crippen molar-refractivity contribution in [2.45, 2.75) is 32.8 Å². The largest absolute Gasteiger partial charge is 0.496 e. The molecule has 0 saturated heterocycles. The first-order valence-corrected chi connectivity index (χ1v) is 11.5. The first kappa shape index (κ1) is 24.7. The zero-order valence-corrected chi connectivity index (χ0v) is 20.4. The number of aliphatic carboxylic acids is 1. The van der Waals surface area contributed by atoms with Gasteiger partial charge in [-0.05, 0) is 36.6 Å². The first-order chi connectivity index (χ1) is 17.4. The van der Waals surface area contributed by atoms with Crippen molar-refractivity contribution < 1.29 is 28.7 Å². The Labute approximate surface area is 209 Å². The molecule has 0 aliphatic heterocycles. The fraction of sp³-hybridized carbons (Fsp3) is 0.207. The van der Waals surface area contributed by atoms with Gasteiger partial charge in [-0.25, -0.2) is 0 Å². The third-order valence-corrected chi connectivity index (χ3v) is 5.98. The van der Waals surface area contributed by atoms with Crippen LogP contribution in [-0.2, 0) is 27.2 Å². The van der Waals surface area contributed by atoms with Crippen LogP contribution < -0.4 is 4.74 Å². The van der Waals surface area contributed by atoms with Crippen molar-refractivity contribution in [1.29, 1.82) is 0 Å². The lowest BCUT2D eigenvalue weighted by molar-refractivity contribution is -0.147. The number of ether oxygens (including phenoxy) is 2. The fourth-order valence-electron chi connectivity index (χ4n) is 4.08. The van der Waals surface area contributed by atoms with Gasteiger partial charge in [0.1, 0.15) is 11.9 Å². The average Bonchev–Trinajstić information content (AvgIpc) is 3.23. The van der Waals surface area contributed by atoms with E-state index in [0.29, 0.717) is 22.8 Å². The number of aromatic nitrogens is 1. The monoisotopic (exact) mass is 485 g/mol. The third-order valence-electron chi connectivity index (χ3n) is 5.98. The number of methoxy groups -OCH3 is 1. The number of carboxylic acid groups (broad SMARTS) is 1. The zero-order chi connectivity index (χ0) is 25.7. The number of para-hydroxylation sites is 1. The van der Waals surface area contributed by atoms with Gasteiger partial charge in [0.05, 0.1) is 25.6 Å².